The number of anilines is 2. The molecule has 0 atom stereocenters. The maximum Gasteiger partial charge on any atom is 0.222 e. The van der Waals surface area contributed by atoms with Crippen molar-refractivity contribution in [3.8, 4) is 5.75 Å². The smallest absolute Gasteiger partial charge is 0.222 e. The Hall–Kier alpha value is -3.45. The van der Waals surface area contributed by atoms with Crippen LogP contribution < -0.4 is 15.4 Å². The van der Waals surface area contributed by atoms with Crippen LogP contribution in [0.5, 0.6) is 5.75 Å². The molecule has 0 aliphatic carbocycles. The van der Waals surface area contributed by atoms with Gasteiger partial charge in [-0.2, -0.15) is 4.98 Å². The third kappa shape index (κ3) is 6.28. The Morgan fingerprint density at radius 1 is 0.969 bits per heavy atom. The number of para-hydroxylation sites is 1. The topological polar surface area (TPSA) is 67.5 Å². The molecule has 32 heavy (non-hydrogen) atoms. The summed E-state index contributed by atoms with van der Waals surface area (Å²) in [7, 11) is 0. The number of nitrogen functional groups attached to an aromatic ring is 1. The number of allylic oxidation sites excluding steroid dienone is 1. The number of hydrogen-bond acceptors (Lipinski definition) is 6. The summed E-state index contributed by atoms with van der Waals surface area (Å²) in [6.45, 7) is 5.20. The molecule has 0 amide bonds. The first-order chi connectivity index (χ1) is 15.7. The zero-order valence-corrected chi connectivity index (χ0v) is 18.0. The lowest BCUT2D eigenvalue weighted by Gasteiger charge is -2.35. The second kappa shape index (κ2) is 10.7. The molecular formula is C25H28FN5O. The van der Waals surface area contributed by atoms with E-state index in [0.717, 1.165) is 55.5 Å². The Labute approximate surface area is 188 Å². The van der Waals surface area contributed by atoms with E-state index in [2.05, 4.69) is 19.8 Å². The van der Waals surface area contributed by atoms with Crippen LogP contribution in [0.4, 0.5) is 16.2 Å². The van der Waals surface area contributed by atoms with Crippen molar-refractivity contribution in [3.05, 3.63) is 83.8 Å². The molecule has 1 aliphatic rings. The van der Waals surface area contributed by atoms with Crippen LogP contribution in [-0.2, 0) is 6.42 Å². The van der Waals surface area contributed by atoms with Gasteiger partial charge in [0.25, 0.3) is 0 Å². The number of nitrogens with two attached hydrogens (primary N) is 1. The van der Waals surface area contributed by atoms with Crippen molar-refractivity contribution in [1.82, 2.24) is 14.9 Å². The summed E-state index contributed by atoms with van der Waals surface area (Å²) in [6.07, 6.45) is 4.63. The average molecular weight is 434 g/mol. The molecule has 1 fully saturated rings. The van der Waals surface area contributed by atoms with E-state index >= 15 is 0 Å². The summed E-state index contributed by atoms with van der Waals surface area (Å²) in [6, 6.07) is 18.4. The molecule has 1 saturated heterocycles. The predicted molar refractivity (Wildman–Crippen MR) is 126 cm³/mol. The lowest BCUT2D eigenvalue weighted by atomic mass is 10.1. The van der Waals surface area contributed by atoms with E-state index in [0.29, 0.717) is 13.0 Å². The Morgan fingerprint density at radius 2 is 1.72 bits per heavy atom. The van der Waals surface area contributed by atoms with Gasteiger partial charge in [-0.15, -0.1) is 0 Å². The van der Waals surface area contributed by atoms with Gasteiger partial charge in [-0.25, -0.2) is 9.37 Å². The lowest BCUT2D eigenvalue weighted by molar-refractivity contribution is 0.200. The number of ether oxygens (including phenoxy) is 1. The highest BCUT2D eigenvalue weighted by molar-refractivity contribution is 5.54. The maximum atomic E-state index is 13.0. The monoisotopic (exact) mass is 433 g/mol. The van der Waals surface area contributed by atoms with E-state index in [4.69, 9.17) is 10.5 Å². The van der Waals surface area contributed by atoms with Gasteiger partial charge in [0.1, 0.15) is 24.0 Å². The highest BCUT2D eigenvalue weighted by Crippen LogP contribution is 2.17. The second-order valence-corrected chi connectivity index (χ2v) is 7.73. The van der Waals surface area contributed by atoms with Crippen molar-refractivity contribution in [3.63, 3.8) is 0 Å². The first-order valence-electron chi connectivity index (χ1n) is 10.9. The van der Waals surface area contributed by atoms with Gasteiger partial charge in [0.15, 0.2) is 0 Å². The number of benzene rings is 2. The molecule has 2 heterocycles. The quantitative estimate of drug-likeness (QED) is 0.585. The van der Waals surface area contributed by atoms with Crippen molar-refractivity contribution in [2.75, 3.05) is 50.0 Å². The minimum Gasteiger partial charge on any atom is -0.492 e. The fraction of sp³-hybridized carbons (Fsp3) is 0.280. The van der Waals surface area contributed by atoms with Crippen LogP contribution in [0.2, 0.25) is 0 Å². The third-order valence-electron chi connectivity index (χ3n) is 5.42. The molecule has 1 aromatic heterocycles. The Balaban J connectivity index is 1.28. The number of halogens is 1. The summed E-state index contributed by atoms with van der Waals surface area (Å²) < 4.78 is 18.8. The van der Waals surface area contributed by atoms with Gasteiger partial charge in [-0.3, -0.25) is 4.90 Å². The van der Waals surface area contributed by atoms with Gasteiger partial charge in [-0.05, 0) is 42.3 Å². The molecule has 0 unspecified atom stereocenters. The first-order valence-corrected chi connectivity index (χ1v) is 10.9. The molecule has 0 radical (unpaired) electrons. The van der Waals surface area contributed by atoms with Crippen molar-refractivity contribution in [1.29, 1.82) is 0 Å². The predicted octanol–water partition coefficient (Wildman–Crippen LogP) is 3.65. The fourth-order valence-electron chi connectivity index (χ4n) is 3.66. The molecule has 1 aliphatic heterocycles. The standard InChI is InChI=1S/C25H28FN5O/c26-21-11-9-20(10-12-21)5-4-6-22-19-24(29-25(27)28-22)31-15-13-30(14-16-31)17-18-32-23-7-2-1-3-8-23/h1-4,6-12,19H,5,13-18H2,(H2,27,28,29)/b6-4-. The lowest BCUT2D eigenvalue weighted by Crippen LogP contribution is -2.47. The summed E-state index contributed by atoms with van der Waals surface area (Å²) in [5.74, 6) is 1.79. The van der Waals surface area contributed by atoms with Gasteiger partial charge in [0, 0.05) is 38.8 Å². The molecule has 7 heteroatoms. The van der Waals surface area contributed by atoms with Crippen molar-refractivity contribution in [2.24, 2.45) is 0 Å². The van der Waals surface area contributed by atoms with Crippen LogP contribution in [0.15, 0.2) is 66.7 Å². The zero-order chi connectivity index (χ0) is 22.2. The van der Waals surface area contributed by atoms with E-state index in [-0.39, 0.29) is 11.8 Å². The maximum absolute atomic E-state index is 13.0. The molecule has 166 valence electrons. The van der Waals surface area contributed by atoms with Crippen LogP contribution in [0.25, 0.3) is 6.08 Å². The van der Waals surface area contributed by atoms with Crippen LogP contribution in [0.1, 0.15) is 11.3 Å². The number of aromatic nitrogens is 2. The summed E-state index contributed by atoms with van der Waals surface area (Å²) in [5.41, 5.74) is 7.77. The van der Waals surface area contributed by atoms with Crippen molar-refractivity contribution in [2.45, 2.75) is 6.42 Å². The van der Waals surface area contributed by atoms with Gasteiger partial charge < -0.3 is 15.4 Å². The van der Waals surface area contributed by atoms with Crippen molar-refractivity contribution < 1.29 is 9.13 Å². The molecule has 2 aromatic carbocycles. The Kier molecular flexibility index (Phi) is 7.30. The molecule has 4 rings (SSSR count). The molecular weight excluding hydrogens is 405 g/mol. The van der Waals surface area contributed by atoms with Gasteiger partial charge in [0.2, 0.25) is 5.95 Å². The van der Waals surface area contributed by atoms with Crippen LogP contribution >= 0.6 is 0 Å². The Bertz CT molecular complexity index is 1020. The highest BCUT2D eigenvalue weighted by atomic mass is 19.1. The molecule has 6 nitrogen and oxygen atoms in total. The van der Waals surface area contributed by atoms with E-state index in [1.807, 2.05) is 48.6 Å². The molecule has 0 saturated carbocycles. The number of hydrogen-bond donors (Lipinski definition) is 1. The Morgan fingerprint density at radius 3 is 2.47 bits per heavy atom. The first kappa shape index (κ1) is 21.8. The minimum absolute atomic E-state index is 0.227. The highest BCUT2D eigenvalue weighted by Gasteiger charge is 2.18. The van der Waals surface area contributed by atoms with Gasteiger partial charge in [-0.1, -0.05) is 36.4 Å². The van der Waals surface area contributed by atoms with Gasteiger partial charge >= 0.3 is 0 Å². The number of rotatable bonds is 8. The van der Waals surface area contributed by atoms with Crippen molar-refractivity contribution >= 4 is 17.8 Å². The van der Waals surface area contributed by atoms with Crippen LogP contribution in [0, 0.1) is 5.82 Å². The zero-order valence-electron chi connectivity index (χ0n) is 18.0. The van der Waals surface area contributed by atoms with E-state index in [9.17, 15) is 4.39 Å². The second-order valence-electron chi connectivity index (χ2n) is 7.73. The van der Waals surface area contributed by atoms with E-state index in [1.54, 1.807) is 12.1 Å². The van der Waals surface area contributed by atoms with Crippen LogP contribution in [0.3, 0.4) is 0 Å². The fourth-order valence-corrected chi connectivity index (χ4v) is 3.66. The van der Waals surface area contributed by atoms with Gasteiger partial charge in [0.05, 0.1) is 5.69 Å². The SMILES string of the molecule is Nc1nc(/C=C\Cc2ccc(F)cc2)cc(N2CCN(CCOc3ccccc3)CC2)n1. The summed E-state index contributed by atoms with van der Waals surface area (Å²) in [4.78, 5) is 13.4. The van der Waals surface area contributed by atoms with E-state index in [1.165, 1.54) is 12.1 Å². The normalized spacial score (nSPS) is 14.7. The van der Waals surface area contributed by atoms with E-state index < -0.39 is 0 Å². The summed E-state index contributed by atoms with van der Waals surface area (Å²) >= 11 is 0. The molecule has 0 spiro atoms. The average Bonchev–Trinajstić information content (AvgIpc) is 2.81. The van der Waals surface area contributed by atoms with Crippen LogP contribution in [-0.4, -0.2) is 54.2 Å². The molecule has 0 bridgehead atoms. The molecule has 3 aromatic rings. The third-order valence-corrected chi connectivity index (χ3v) is 5.42. The number of piperazine rings is 1. The largest absolute Gasteiger partial charge is 0.492 e. The molecule has 2 N–H and O–H groups in total. The summed E-state index contributed by atoms with van der Waals surface area (Å²) in [5, 5.41) is 0. The number of nitrogens with zero attached hydrogens (tertiary/aromatic N) is 4. The minimum atomic E-state index is -0.227.